The third-order valence-electron chi connectivity index (χ3n) is 6.94. The van der Waals surface area contributed by atoms with Crippen LogP contribution < -0.4 is 10.2 Å². The lowest BCUT2D eigenvalue weighted by Crippen LogP contribution is -2.35. The zero-order valence-electron chi connectivity index (χ0n) is 18.7. The molecule has 1 aliphatic heterocycles. The first-order chi connectivity index (χ1) is 13.7. The van der Waals surface area contributed by atoms with Crippen molar-refractivity contribution in [3.63, 3.8) is 0 Å². The number of fused-ring (bicyclic) bond motifs is 3. The van der Waals surface area contributed by atoms with Gasteiger partial charge in [-0.2, -0.15) is 0 Å². The SMILES string of the molecule is CCCCOc1ccc2[nH]c(C)c(CN3C[C@@]4(C)C[C@H]3CC(C)(C)C4)c(=O)c2c1. The van der Waals surface area contributed by atoms with Gasteiger partial charge in [0.2, 0.25) is 0 Å². The fourth-order valence-corrected chi connectivity index (χ4v) is 6.01. The lowest BCUT2D eigenvalue weighted by molar-refractivity contribution is 0.126. The summed E-state index contributed by atoms with van der Waals surface area (Å²) >= 11 is 0. The number of nitrogens with zero attached hydrogens (tertiary/aromatic N) is 1. The number of H-pyrrole nitrogens is 1. The van der Waals surface area contributed by atoms with E-state index in [1.165, 1.54) is 19.3 Å². The normalized spacial score (nSPS) is 26.2. The number of aryl methyl sites for hydroxylation is 1. The molecule has 0 amide bonds. The molecule has 2 atom stereocenters. The van der Waals surface area contributed by atoms with Gasteiger partial charge in [-0.25, -0.2) is 0 Å². The molecule has 2 aliphatic rings. The fraction of sp³-hybridized carbons (Fsp3) is 0.640. The van der Waals surface area contributed by atoms with E-state index in [4.69, 9.17) is 4.74 Å². The van der Waals surface area contributed by atoms with E-state index in [9.17, 15) is 4.79 Å². The Kier molecular flexibility index (Phi) is 5.27. The van der Waals surface area contributed by atoms with Crippen LogP contribution >= 0.6 is 0 Å². The molecular weight excluding hydrogens is 360 g/mol. The van der Waals surface area contributed by atoms with Crippen molar-refractivity contribution in [1.29, 1.82) is 0 Å². The third-order valence-corrected chi connectivity index (χ3v) is 6.94. The fourth-order valence-electron chi connectivity index (χ4n) is 6.01. The number of rotatable bonds is 6. The Morgan fingerprint density at radius 1 is 1.24 bits per heavy atom. The van der Waals surface area contributed by atoms with Gasteiger partial charge in [0, 0.05) is 41.3 Å². The first-order valence-corrected chi connectivity index (χ1v) is 11.2. The molecule has 0 radical (unpaired) electrons. The number of ether oxygens (including phenoxy) is 1. The maximum Gasteiger partial charge on any atom is 0.194 e. The summed E-state index contributed by atoms with van der Waals surface area (Å²) in [6, 6.07) is 6.43. The highest BCUT2D eigenvalue weighted by molar-refractivity contribution is 5.81. The van der Waals surface area contributed by atoms with E-state index in [0.29, 0.717) is 23.5 Å². The van der Waals surface area contributed by atoms with Gasteiger partial charge < -0.3 is 9.72 Å². The van der Waals surface area contributed by atoms with Crippen molar-refractivity contribution in [3.05, 3.63) is 39.7 Å². The van der Waals surface area contributed by atoms with Crippen LogP contribution in [0.4, 0.5) is 0 Å². The van der Waals surface area contributed by atoms with Crippen molar-refractivity contribution in [2.75, 3.05) is 13.2 Å². The van der Waals surface area contributed by atoms with Crippen LogP contribution in [-0.2, 0) is 6.54 Å². The standard InChI is InChI=1S/C25H36N2O2/c1-6-7-10-29-19-8-9-22-20(11-19)23(28)21(17(2)26-22)14-27-16-25(5)13-18(27)12-24(3,4)15-25/h8-9,11,18H,6-7,10,12-16H2,1-5H3,(H,26,28)/t18-,25+/m1/s1. The van der Waals surface area contributed by atoms with Crippen LogP contribution in [0.5, 0.6) is 5.75 Å². The number of hydrogen-bond donors (Lipinski definition) is 1. The maximum absolute atomic E-state index is 13.4. The van der Waals surface area contributed by atoms with Crippen molar-refractivity contribution < 1.29 is 4.74 Å². The Labute approximate surface area is 174 Å². The van der Waals surface area contributed by atoms with Crippen LogP contribution in [-0.4, -0.2) is 29.1 Å². The predicted molar refractivity (Wildman–Crippen MR) is 120 cm³/mol. The molecule has 158 valence electrons. The van der Waals surface area contributed by atoms with E-state index in [-0.39, 0.29) is 5.43 Å². The van der Waals surface area contributed by atoms with Gasteiger partial charge in [-0.1, -0.05) is 34.1 Å². The van der Waals surface area contributed by atoms with Crippen LogP contribution in [0.3, 0.4) is 0 Å². The van der Waals surface area contributed by atoms with Crippen molar-refractivity contribution in [3.8, 4) is 5.75 Å². The number of aromatic nitrogens is 1. The zero-order chi connectivity index (χ0) is 20.8. The van der Waals surface area contributed by atoms with Gasteiger partial charge in [0.05, 0.1) is 6.61 Å². The summed E-state index contributed by atoms with van der Waals surface area (Å²) in [5, 5.41) is 0.744. The summed E-state index contributed by atoms with van der Waals surface area (Å²) in [5.74, 6) is 0.789. The summed E-state index contributed by atoms with van der Waals surface area (Å²) in [7, 11) is 0. The minimum atomic E-state index is 0.156. The molecule has 4 nitrogen and oxygen atoms in total. The van der Waals surface area contributed by atoms with Crippen LogP contribution in [0.2, 0.25) is 0 Å². The van der Waals surface area contributed by atoms with Crippen molar-refractivity contribution in [2.24, 2.45) is 10.8 Å². The van der Waals surface area contributed by atoms with Crippen LogP contribution in [0, 0.1) is 17.8 Å². The van der Waals surface area contributed by atoms with E-state index in [2.05, 4.69) is 37.6 Å². The second kappa shape index (κ2) is 7.46. The predicted octanol–water partition coefficient (Wildman–Crippen LogP) is 5.42. The number of nitrogens with one attached hydrogen (secondary N) is 1. The van der Waals surface area contributed by atoms with Gasteiger partial charge in [-0.15, -0.1) is 0 Å². The Bertz CT molecular complexity index is 961. The minimum absolute atomic E-state index is 0.156. The van der Waals surface area contributed by atoms with Crippen LogP contribution in [0.1, 0.15) is 71.1 Å². The highest BCUT2D eigenvalue weighted by Gasteiger charge is 2.49. The number of pyridine rings is 1. The van der Waals surface area contributed by atoms with Crippen molar-refractivity contribution >= 4 is 10.9 Å². The third kappa shape index (κ3) is 4.09. The molecule has 1 aliphatic carbocycles. The molecular formula is C25H36N2O2. The Hall–Kier alpha value is -1.81. The van der Waals surface area contributed by atoms with Crippen LogP contribution in [0.15, 0.2) is 23.0 Å². The lowest BCUT2D eigenvalue weighted by Gasteiger charge is -2.40. The van der Waals surface area contributed by atoms with Gasteiger partial charge in [0.1, 0.15) is 5.75 Å². The maximum atomic E-state index is 13.4. The van der Waals surface area contributed by atoms with E-state index in [0.717, 1.165) is 53.8 Å². The number of aromatic amines is 1. The zero-order valence-corrected chi connectivity index (χ0v) is 18.7. The molecule has 2 heterocycles. The average Bonchev–Trinajstić information content (AvgIpc) is 2.87. The molecule has 2 aromatic rings. The molecule has 1 N–H and O–H groups in total. The first kappa shape index (κ1) is 20.5. The molecule has 2 bridgehead atoms. The highest BCUT2D eigenvalue weighted by atomic mass is 16.5. The second-order valence-corrected chi connectivity index (χ2v) is 10.6. The summed E-state index contributed by atoms with van der Waals surface area (Å²) < 4.78 is 5.84. The monoisotopic (exact) mass is 396 g/mol. The largest absolute Gasteiger partial charge is 0.494 e. The van der Waals surface area contributed by atoms with Gasteiger partial charge in [-0.3, -0.25) is 9.69 Å². The smallest absolute Gasteiger partial charge is 0.194 e. The van der Waals surface area contributed by atoms with Gasteiger partial charge in [0.15, 0.2) is 5.43 Å². The minimum Gasteiger partial charge on any atom is -0.494 e. The second-order valence-electron chi connectivity index (χ2n) is 10.6. The molecule has 0 unspecified atom stereocenters. The van der Waals surface area contributed by atoms with E-state index in [1.54, 1.807) is 0 Å². The summed E-state index contributed by atoms with van der Waals surface area (Å²) in [5.41, 5.74) is 3.73. The quantitative estimate of drug-likeness (QED) is 0.664. The number of unbranched alkanes of at least 4 members (excludes halogenated alkanes) is 1. The molecule has 0 spiro atoms. The summed E-state index contributed by atoms with van der Waals surface area (Å²) in [6.07, 6.45) is 5.89. The van der Waals surface area contributed by atoms with E-state index in [1.807, 2.05) is 25.1 Å². The Morgan fingerprint density at radius 3 is 2.79 bits per heavy atom. The molecule has 29 heavy (non-hydrogen) atoms. The van der Waals surface area contributed by atoms with Gasteiger partial charge in [0.25, 0.3) is 0 Å². The summed E-state index contributed by atoms with van der Waals surface area (Å²) in [4.78, 5) is 19.5. The molecule has 1 aromatic carbocycles. The van der Waals surface area contributed by atoms with Crippen molar-refractivity contribution in [1.82, 2.24) is 9.88 Å². The number of benzene rings is 1. The van der Waals surface area contributed by atoms with Gasteiger partial charge in [-0.05, 0) is 61.6 Å². The Balaban J connectivity index is 1.63. The molecule has 2 fully saturated rings. The van der Waals surface area contributed by atoms with Crippen LogP contribution in [0.25, 0.3) is 10.9 Å². The molecule has 4 rings (SSSR count). The number of likely N-dealkylation sites (tertiary alicyclic amines) is 1. The molecule has 1 saturated carbocycles. The average molecular weight is 397 g/mol. The molecule has 1 aromatic heterocycles. The first-order valence-electron chi connectivity index (χ1n) is 11.2. The van der Waals surface area contributed by atoms with Gasteiger partial charge >= 0.3 is 0 Å². The number of hydrogen-bond acceptors (Lipinski definition) is 3. The Morgan fingerprint density at radius 2 is 2.03 bits per heavy atom. The summed E-state index contributed by atoms with van der Waals surface area (Å²) in [6.45, 7) is 13.9. The van der Waals surface area contributed by atoms with E-state index < -0.39 is 0 Å². The lowest BCUT2D eigenvalue weighted by atomic mass is 9.65. The highest BCUT2D eigenvalue weighted by Crippen LogP contribution is 2.52. The molecule has 4 heteroatoms. The molecule has 1 saturated heterocycles. The van der Waals surface area contributed by atoms with E-state index >= 15 is 0 Å². The van der Waals surface area contributed by atoms with Crippen molar-refractivity contribution in [2.45, 2.75) is 79.3 Å². The topological polar surface area (TPSA) is 45.3 Å².